The Morgan fingerprint density at radius 1 is 1.42 bits per heavy atom. The number of hydrogen-bond acceptors (Lipinski definition) is 3. The Morgan fingerprint density at radius 3 is 2.53 bits per heavy atom. The van der Waals surface area contributed by atoms with Crippen LogP contribution in [0.5, 0.6) is 0 Å². The summed E-state index contributed by atoms with van der Waals surface area (Å²) in [6.45, 7) is 3.67. The van der Waals surface area contributed by atoms with Crippen molar-refractivity contribution < 1.29 is 14.0 Å². The predicted octanol–water partition coefficient (Wildman–Crippen LogP) is 2.79. The van der Waals surface area contributed by atoms with Gasteiger partial charge in [0, 0.05) is 4.90 Å². The van der Waals surface area contributed by atoms with Crippen LogP contribution >= 0.6 is 23.4 Å². The molecule has 19 heavy (non-hydrogen) atoms. The number of rotatable bonds is 4. The van der Waals surface area contributed by atoms with Crippen molar-refractivity contribution in [3.8, 4) is 0 Å². The van der Waals surface area contributed by atoms with Crippen LogP contribution in [0.15, 0.2) is 23.1 Å². The molecule has 0 aromatic heterocycles. The molecule has 0 aliphatic heterocycles. The number of carbonyl (C=O) groups is 2. The van der Waals surface area contributed by atoms with Crippen molar-refractivity contribution in [1.82, 2.24) is 5.32 Å². The van der Waals surface area contributed by atoms with Crippen LogP contribution in [-0.4, -0.2) is 17.2 Å². The lowest BCUT2D eigenvalue weighted by atomic mass is 10.1. The number of imide groups is 1. The second-order valence-electron chi connectivity index (χ2n) is 4.21. The van der Waals surface area contributed by atoms with Crippen LogP contribution < -0.4 is 11.1 Å². The van der Waals surface area contributed by atoms with Crippen molar-refractivity contribution in [2.45, 2.75) is 24.0 Å². The average Bonchev–Trinajstić information content (AvgIpc) is 2.29. The molecular formula is C12H14ClFN2O2S. The van der Waals surface area contributed by atoms with E-state index < -0.39 is 23.0 Å². The van der Waals surface area contributed by atoms with Crippen LogP contribution in [0.3, 0.4) is 0 Å². The Balaban J connectivity index is 2.86. The zero-order chi connectivity index (χ0) is 14.6. The van der Waals surface area contributed by atoms with Crippen LogP contribution in [0.1, 0.15) is 13.8 Å². The normalized spacial score (nSPS) is 12.3. The first kappa shape index (κ1) is 15.8. The van der Waals surface area contributed by atoms with Crippen LogP contribution in [0.4, 0.5) is 9.18 Å². The van der Waals surface area contributed by atoms with E-state index in [4.69, 9.17) is 17.3 Å². The second kappa shape index (κ2) is 6.77. The Labute approximate surface area is 119 Å². The molecule has 0 aliphatic carbocycles. The van der Waals surface area contributed by atoms with Gasteiger partial charge in [-0.3, -0.25) is 10.1 Å². The fraction of sp³-hybridized carbons (Fsp3) is 0.333. The summed E-state index contributed by atoms with van der Waals surface area (Å²) in [5, 5.41) is 1.51. The first-order valence-corrected chi connectivity index (χ1v) is 6.79. The van der Waals surface area contributed by atoms with Crippen molar-refractivity contribution in [3.05, 3.63) is 29.0 Å². The molecule has 0 fully saturated rings. The zero-order valence-electron chi connectivity index (χ0n) is 10.4. The van der Waals surface area contributed by atoms with Gasteiger partial charge in [-0.1, -0.05) is 25.4 Å². The number of carbonyl (C=O) groups excluding carboxylic acids is 2. The van der Waals surface area contributed by atoms with Crippen LogP contribution in [0.2, 0.25) is 5.02 Å². The van der Waals surface area contributed by atoms with Gasteiger partial charge in [0.2, 0.25) is 5.91 Å². The van der Waals surface area contributed by atoms with Crippen LogP contribution in [0.25, 0.3) is 0 Å². The van der Waals surface area contributed by atoms with Gasteiger partial charge in [0.25, 0.3) is 0 Å². The number of urea groups is 1. The molecule has 7 heteroatoms. The summed E-state index contributed by atoms with van der Waals surface area (Å²) in [6.07, 6.45) is 0. The minimum absolute atomic E-state index is 0.0113. The lowest BCUT2D eigenvalue weighted by Gasteiger charge is -2.18. The number of nitrogens with one attached hydrogen (secondary N) is 1. The van der Waals surface area contributed by atoms with Crippen molar-refractivity contribution >= 4 is 35.3 Å². The summed E-state index contributed by atoms with van der Waals surface area (Å²) in [7, 11) is 0. The monoisotopic (exact) mass is 304 g/mol. The van der Waals surface area contributed by atoms with Crippen molar-refractivity contribution in [2.24, 2.45) is 11.7 Å². The van der Waals surface area contributed by atoms with E-state index in [0.29, 0.717) is 4.90 Å². The molecule has 0 unspecified atom stereocenters. The molecule has 3 amide bonds. The minimum atomic E-state index is -0.895. The topological polar surface area (TPSA) is 72.2 Å². The average molecular weight is 305 g/mol. The number of nitrogens with two attached hydrogens (primary N) is 1. The fourth-order valence-corrected chi connectivity index (χ4v) is 2.69. The molecule has 1 aromatic carbocycles. The van der Waals surface area contributed by atoms with E-state index in [0.717, 1.165) is 0 Å². The molecule has 0 radical (unpaired) electrons. The molecule has 1 aromatic rings. The van der Waals surface area contributed by atoms with E-state index in [2.05, 4.69) is 0 Å². The molecule has 1 rings (SSSR count). The molecule has 0 spiro atoms. The summed E-state index contributed by atoms with van der Waals surface area (Å²) in [4.78, 5) is 23.2. The number of primary amides is 1. The maximum absolute atomic E-state index is 13.0. The standard InChI is InChI=1S/C12H14ClFN2O2S/c1-6(2)10(11(17)16-12(15)18)19-7-3-4-9(14)8(13)5-7/h3-6,10H,1-2H3,(H3,15,16,17,18)/t10-/m1/s1. The predicted molar refractivity (Wildman–Crippen MR) is 73.6 cm³/mol. The fourth-order valence-electron chi connectivity index (χ4n) is 1.38. The maximum atomic E-state index is 13.0. The van der Waals surface area contributed by atoms with E-state index in [9.17, 15) is 14.0 Å². The molecule has 0 saturated heterocycles. The van der Waals surface area contributed by atoms with Gasteiger partial charge in [0.05, 0.1) is 10.3 Å². The van der Waals surface area contributed by atoms with Crippen molar-refractivity contribution in [2.75, 3.05) is 0 Å². The van der Waals surface area contributed by atoms with E-state index in [1.807, 2.05) is 19.2 Å². The number of halogens is 2. The van der Waals surface area contributed by atoms with E-state index in [-0.39, 0.29) is 10.9 Å². The molecule has 1 atom stereocenters. The van der Waals surface area contributed by atoms with E-state index in [1.165, 1.54) is 30.0 Å². The lowest BCUT2D eigenvalue weighted by Crippen LogP contribution is -2.42. The third-order valence-electron chi connectivity index (χ3n) is 2.26. The summed E-state index contributed by atoms with van der Waals surface area (Å²) in [6, 6.07) is 3.30. The van der Waals surface area contributed by atoms with Gasteiger partial charge >= 0.3 is 6.03 Å². The molecule has 0 aliphatic rings. The highest BCUT2D eigenvalue weighted by molar-refractivity contribution is 8.00. The number of thioether (sulfide) groups is 1. The van der Waals surface area contributed by atoms with Gasteiger partial charge in [0.1, 0.15) is 5.82 Å². The Bertz CT molecular complexity index is 497. The lowest BCUT2D eigenvalue weighted by molar-refractivity contribution is -0.120. The van der Waals surface area contributed by atoms with Gasteiger partial charge < -0.3 is 5.73 Å². The van der Waals surface area contributed by atoms with Gasteiger partial charge in [0.15, 0.2) is 0 Å². The highest BCUT2D eigenvalue weighted by atomic mass is 35.5. The SMILES string of the molecule is CC(C)[C@@H](Sc1ccc(F)c(Cl)c1)C(=O)NC(N)=O. The minimum Gasteiger partial charge on any atom is -0.351 e. The molecule has 104 valence electrons. The largest absolute Gasteiger partial charge is 0.351 e. The van der Waals surface area contributed by atoms with Crippen molar-refractivity contribution in [3.63, 3.8) is 0 Å². The van der Waals surface area contributed by atoms with E-state index in [1.54, 1.807) is 0 Å². The third kappa shape index (κ3) is 4.72. The molecular weight excluding hydrogens is 291 g/mol. The summed E-state index contributed by atoms with van der Waals surface area (Å²) < 4.78 is 13.0. The third-order valence-corrected chi connectivity index (χ3v) is 4.09. The molecule has 0 heterocycles. The molecule has 0 saturated carbocycles. The molecule has 3 N–H and O–H groups in total. The summed E-state index contributed by atoms with van der Waals surface area (Å²) >= 11 is 6.88. The molecule has 4 nitrogen and oxygen atoms in total. The zero-order valence-corrected chi connectivity index (χ0v) is 12.0. The van der Waals surface area contributed by atoms with Gasteiger partial charge in [-0.2, -0.15) is 0 Å². The first-order valence-electron chi connectivity index (χ1n) is 5.53. The molecule has 0 bridgehead atoms. The highest BCUT2D eigenvalue weighted by Gasteiger charge is 2.24. The van der Waals surface area contributed by atoms with Gasteiger partial charge in [-0.25, -0.2) is 9.18 Å². The highest BCUT2D eigenvalue weighted by Crippen LogP contribution is 2.30. The quantitative estimate of drug-likeness (QED) is 0.840. The Kier molecular flexibility index (Phi) is 5.62. The smallest absolute Gasteiger partial charge is 0.318 e. The van der Waals surface area contributed by atoms with Crippen LogP contribution in [0, 0.1) is 11.7 Å². The van der Waals surface area contributed by atoms with Gasteiger partial charge in [-0.15, -0.1) is 11.8 Å². The van der Waals surface area contributed by atoms with Crippen molar-refractivity contribution in [1.29, 1.82) is 0 Å². The van der Waals surface area contributed by atoms with E-state index >= 15 is 0 Å². The first-order chi connectivity index (χ1) is 8.81. The van der Waals surface area contributed by atoms with Crippen LogP contribution in [-0.2, 0) is 4.79 Å². The number of amides is 3. The second-order valence-corrected chi connectivity index (χ2v) is 5.83. The Morgan fingerprint density at radius 2 is 2.05 bits per heavy atom. The maximum Gasteiger partial charge on any atom is 0.318 e. The number of hydrogen-bond donors (Lipinski definition) is 2. The summed E-state index contributed by atoms with van der Waals surface area (Å²) in [5.74, 6) is -1.03. The Hall–Kier alpha value is -1.27. The number of benzene rings is 1. The van der Waals surface area contributed by atoms with Gasteiger partial charge in [-0.05, 0) is 24.1 Å². The summed E-state index contributed by atoms with van der Waals surface area (Å²) in [5.41, 5.74) is 4.92.